The molecule has 0 spiro atoms. The molecule has 0 aliphatic rings. The number of hydrogen-bond acceptors (Lipinski definition) is 5. The largest absolute Gasteiger partial charge is 0.462 e. The van der Waals surface area contributed by atoms with Gasteiger partial charge in [-0.1, -0.05) is 262 Å². The second kappa shape index (κ2) is 62.8. The summed E-state index contributed by atoms with van der Waals surface area (Å²) >= 11 is 0. The Labute approximate surface area is 456 Å². The van der Waals surface area contributed by atoms with E-state index in [1.54, 1.807) is 0 Å². The van der Waals surface area contributed by atoms with Gasteiger partial charge in [0, 0.05) is 19.4 Å². The summed E-state index contributed by atoms with van der Waals surface area (Å²) in [7, 11) is 0. The lowest BCUT2D eigenvalue weighted by Crippen LogP contribution is -2.30. The number of esters is 2. The smallest absolute Gasteiger partial charge is 0.306 e. The zero-order chi connectivity index (χ0) is 53.4. The predicted molar refractivity (Wildman–Crippen MR) is 324 cm³/mol. The van der Waals surface area contributed by atoms with Crippen molar-refractivity contribution in [3.05, 3.63) is 158 Å². The van der Waals surface area contributed by atoms with Gasteiger partial charge in [-0.15, -0.1) is 0 Å². The van der Waals surface area contributed by atoms with Gasteiger partial charge >= 0.3 is 11.9 Å². The maximum absolute atomic E-state index is 12.9. The standard InChI is InChI=1S/C69H110O5/c1-4-7-10-13-16-19-22-25-28-31-34-37-40-43-46-49-52-55-58-61-64-72-65-67(74-69(71)63-60-57-54-51-48-45-42-39-36-33-30-27-24-21-18-15-12-9-6-3)66-73-68(70)62-59-56-53-50-47-44-41-38-35-32-29-26-23-20-17-14-11-8-5-2/h8-9,11-12,17-18,20-21,25-30,35-36,38-39,44-45,47-48,53-54,56-57,67H,4-7,10,13-16,19,22-24,31-34,37,40-43,46,49-52,55,58-66H2,1-3H3/b11-8-,12-9-,20-17-,21-18-,28-25-,29-26-,30-27-,38-35-,39-36-,47-44-,48-45-,56-53-,57-54-. The van der Waals surface area contributed by atoms with Gasteiger partial charge in [-0.3, -0.25) is 9.59 Å². The lowest BCUT2D eigenvalue weighted by atomic mass is 10.1. The Kier molecular flexibility index (Phi) is 59.0. The molecule has 0 saturated carbocycles. The Morgan fingerprint density at radius 1 is 0.311 bits per heavy atom. The van der Waals surface area contributed by atoms with Crippen LogP contribution in [0.2, 0.25) is 0 Å². The highest BCUT2D eigenvalue weighted by atomic mass is 16.6. The van der Waals surface area contributed by atoms with Crippen molar-refractivity contribution in [2.45, 2.75) is 245 Å². The molecule has 0 aromatic heterocycles. The van der Waals surface area contributed by atoms with Gasteiger partial charge < -0.3 is 14.2 Å². The van der Waals surface area contributed by atoms with E-state index in [0.29, 0.717) is 19.4 Å². The highest BCUT2D eigenvalue weighted by Crippen LogP contribution is 2.13. The van der Waals surface area contributed by atoms with Crippen LogP contribution in [0.3, 0.4) is 0 Å². The maximum Gasteiger partial charge on any atom is 0.306 e. The van der Waals surface area contributed by atoms with Gasteiger partial charge in [-0.2, -0.15) is 0 Å². The lowest BCUT2D eigenvalue weighted by Gasteiger charge is -2.18. The molecular weight excluding hydrogens is 909 g/mol. The van der Waals surface area contributed by atoms with Crippen LogP contribution in [0.25, 0.3) is 0 Å². The summed E-state index contributed by atoms with van der Waals surface area (Å²) in [4.78, 5) is 25.5. The molecule has 5 heteroatoms. The van der Waals surface area contributed by atoms with Gasteiger partial charge in [0.25, 0.3) is 0 Å². The second-order valence-corrected chi connectivity index (χ2v) is 19.1. The normalized spacial score (nSPS) is 13.4. The zero-order valence-electron chi connectivity index (χ0n) is 47.8. The highest BCUT2D eigenvalue weighted by Gasteiger charge is 2.17. The Morgan fingerprint density at radius 2 is 0.608 bits per heavy atom. The molecule has 74 heavy (non-hydrogen) atoms. The van der Waals surface area contributed by atoms with E-state index in [1.165, 1.54) is 103 Å². The van der Waals surface area contributed by atoms with E-state index in [4.69, 9.17) is 14.2 Å². The van der Waals surface area contributed by atoms with Crippen molar-refractivity contribution in [2.75, 3.05) is 19.8 Å². The third-order valence-electron chi connectivity index (χ3n) is 12.1. The molecule has 0 bridgehead atoms. The average Bonchev–Trinajstić information content (AvgIpc) is 3.40. The van der Waals surface area contributed by atoms with E-state index in [1.807, 2.05) is 12.2 Å². The van der Waals surface area contributed by atoms with Crippen molar-refractivity contribution in [2.24, 2.45) is 0 Å². The van der Waals surface area contributed by atoms with Crippen LogP contribution < -0.4 is 0 Å². The molecule has 0 radical (unpaired) electrons. The second-order valence-electron chi connectivity index (χ2n) is 19.1. The molecule has 1 atom stereocenters. The predicted octanol–water partition coefficient (Wildman–Crippen LogP) is 21.0. The van der Waals surface area contributed by atoms with Crippen molar-refractivity contribution in [1.82, 2.24) is 0 Å². The molecule has 0 aliphatic carbocycles. The molecule has 416 valence electrons. The zero-order valence-corrected chi connectivity index (χ0v) is 47.8. The van der Waals surface area contributed by atoms with Crippen molar-refractivity contribution < 1.29 is 23.8 Å². The first-order valence-corrected chi connectivity index (χ1v) is 30.0. The van der Waals surface area contributed by atoms with E-state index in [-0.39, 0.29) is 38.0 Å². The van der Waals surface area contributed by atoms with Crippen molar-refractivity contribution in [3.8, 4) is 0 Å². The van der Waals surface area contributed by atoms with Crippen LogP contribution in [0.1, 0.15) is 239 Å². The average molecular weight is 1020 g/mol. The number of carbonyl (C=O) groups is 2. The summed E-state index contributed by atoms with van der Waals surface area (Å²) in [5.41, 5.74) is 0. The van der Waals surface area contributed by atoms with Crippen LogP contribution in [-0.4, -0.2) is 37.9 Å². The topological polar surface area (TPSA) is 61.8 Å². The van der Waals surface area contributed by atoms with E-state index in [9.17, 15) is 9.59 Å². The fourth-order valence-corrected chi connectivity index (χ4v) is 7.67. The molecule has 0 rings (SSSR count). The van der Waals surface area contributed by atoms with E-state index < -0.39 is 6.10 Å². The third kappa shape index (κ3) is 60.1. The molecule has 0 heterocycles. The highest BCUT2D eigenvalue weighted by molar-refractivity contribution is 5.70. The SMILES string of the molecule is CC/C=C\C/C=C\C/C=C\C/C=C\C/C=C\C/C=C\CCC(=O)OCC(COCCCCCCCCCCCC/C=C\CCCCCCCC)OC(=O)CC/C=C\C/C=C\C/C=C\C/C=C\C/C=C\C/C=C\CC. The molecule has 0 aromatic rings. The van der Waals surface area contributed by atoms with E-state index in [2.05, 4.69) is 167 Å². The van der Waals surface area contributed by atoms with Gasteiger partial charge in [-0.25, -0.2) is 0 Å². The Balaban J connectivity index is 4.53. The van der Waals surface area contributed by atoms with Crippen LogP contribution in [0.15, 0.2) is 158 Å². The number of rotatable bonds is 53. The molecule has 0 amide bonds. The van der Waals surface area contributed by atoms with Crippen LogP contribution >= 0.6 is 0 Å². The number of ether oxygens (including phenoxy) is 3. The number of allylic oxidation sites excluding steroid dienone is 26. The lowest BCUT2D eigenvalue weighted by molar-refractivity contribution is -0.162. The summed E-state index contributed by atoms with van der Waals surface area (Å²) < 4.78 is 17.4. The fraction of sp³-hybridized carbons (Fsp3) is 0.594. The first-order valence-electron chi connectivity index (χ1n) is 30.0. The molecule has 0 fully saturated rings. The Bertz CT molecular complexity index is 1620. The summed E-state index contributed by atoms with van der Waals surface area (Å²) in [5, 5.41) is 0. The number of hydrogen-bond donors (Lipinski definition) is 0. The minimum Gasteiger partial charge on any atom is -0.462 e. The summed E-state index contributed by atoms with van der Waals surface area (Å²) in [6.45, 7) is 7.43. The number of carbonyl (C=O) groups excluding carboxylic acids is 2. The molecule has 0 aliphatic heterocycles. The molecule has 0 N–H and O–H groups in total. The van der Waals surface area contributed by atoms with Gasteiger partial charge in [0.2, 0.25) is 0 Å². The van der Waals surface area contributed by atoms with Gasteiger partial charge in [0.1, 0.15) is 6.61 Å². The Morgan fingerprint density at radius 3 is 0.973 bits per heavy atom. The van der Waals surface area contributed by atoms with Crippen LogP contribution in [0.4, 0.5) is 0 Å². The van der Waals surface area contributed by atoms with Crippen molar-refractivity contribution in [1.29, 1.82) is 0 Å². The van der Waals surface area contributed by atoms with E-state index in [0.717, 1.165) is 89.9 Å². The molecule has 5 nitrogen and oxygen atoms in total. The molecule has 1 unspecified atom stereocenters. The van der Waals surface area contributed by atoms with Gasteiger partial charge in [0.15, 0.2) is 6.10 Å². The first-order chi connectivity index (χ1) is 36.6. The quantitative estimate of drug-likeness (QED) is 0.0345. The van der Waals surface area contributed by atoms with Crippen LogP contribution in [0, 0.1) is 0 Å². The van der Waals surface area contributed by atoms with Gasteiger partial charge in [-0.05, 0) is 122 Å². The van der Waals surface area contributed by atoms with Crippen molar-refractivity contribution >= 4 is 11.9 Å². The minimum atomic E-state index is -0.622. The number of unbranched alkanes of at least 4 members (excludes halogenated alkanes) is 16. The van der Waals surface area contributed by atoms with Gasteiger partial charge in [0.05, 0.1) is 6.61 Å². The molecular formula is C69H110O5. The molecule has 0 saturated heterocycles. The summed E-state index contributed by atoms with van der Waals surface area (Å²) in [6.07, 6.45) is 93.0. The first kappa shape index (κ1) is 69.5. The molecule has 0 aromatic carbocycles. The third-order valence-corrected chi connectivity index (χ3v) is 12.1. The maximum atomic E-state index is 12.9. The fourth-order valence-electron chi connectivity index (χ4n) is 7.67. The van der Waals surface area contributed by atoms with E-state index >= 15 is 0 Å². The van der Waals surface area contributed by atoms with Crippen molar-refractivity contribution in [3.63, 3.8) is 0 Å². The van der Waals surface area contributed by atoms with Crippen LogP contribution in [0.5, 0.6) is 0 Å². The summed E-state index contributed by atoms with van der Waals surface area (Å²) in [5.74, 6) is -0.599. The minimum absolute atomic E-state index is 0.00416. The Hall–Kier alpha value is -4.48. The summed E-state index contributed by atoms with van der Waals surface area (Å²) in [6, 6.07) is 0. The monoisotopic (exact) mass is 1020 g/mol. The van der Waals surface area contributed by atoms with Crippen LogP contribution in [-0.2, 0) is 23.8 Å².